The fourth-order valence-electron chi connectivity index (χ4n) is 2.83. The Kier molecular flexibility index (Phi) is 5.61. The molecule has 1 aliphatic carbocycles. The summed E-state index contributed by atoms with van der Waals surface area (Å²) < 4.78 is 1.82. The summed E-state index contributed by atoms with van der Waals surface area (Å²) in [5, 5.41) is 17.0. The van der Waals surface area contributed by atoms with Gasteiger partial charge < -0.3 is 15.3 Å². The first kappa shape index (κ1) is 15.8. The number of aryl methyl sites for hydroxylation is 1. The average Bonchev–Trinajstić information content (AvgIpc) is 2.89. The van der Waals surface area contributed by atoms with Crippen LogP contribution in [0, 0.1) is 5.92 Å². The van der Waals surface area contributed by atoms with Crippen molar-refractivity contribution in [2.24, 2.45) is 5.92 Å². The van der Waals surface area contributed by atoms with Gasteiger partial charge in [0.25, 0.3) is 0 Å². The molecule has 21 heavy (non-hydrogen) atoms. The van der Waals surface area contributed by atoms with E-state index in [9.17, 15) is 9.90 Å². The zero-order chi connectivity index (χ0) is 15.2. The van der Waals surface area contributed by atoms with Crippen LogP contribution in [-0.4, -0.2) is 45.5 Å². The van der Waals surface area contributed by atoms with Crippen LogP contribution in [0.3, 0.4) is 0 Å². The van der Waals surface area contributed by atoms with Crippen LogP contribution in [0.5, 0.6) is 0 Å². The second kappa shape index (κ2) is 7.45. The van der Waals surface area contributed by atoms with Crippen molar-refractivity contribution in [2.45, 2.75) is 51.7 Å². The lowest BCUT2D eigenvalue weighted by atomic mass is 9.86. The summed E-state index contributed by atoms with van der Waals surface area (Å²) in [5.74, 6) is 0.192. The van der Waals surface area contributed by atoms with Crippen molar-refractivity contribution >= 4 is 11.7 Å². The third-order valence-corrected chi connectivity index (χ3v) is 4.06. The van der Waals surface area contributed by atoms with Gasteiger partial charge in [-0.2, -0.15) is 5.10 Å². The molecular weight excluding hydrogens is 268 g/mol. The number of urea groups is 1. The third kappa shape index (κ3) is 4.46. The minimum absolute atomic E-state index is 0.149. The number of anilines is 1. The Balaban J connectivity index is 1.83. The molecule has 1 saturated carbocycles. The van der Waals surface area contributed by atoms with E-state index in [1.165, 1.54) is 0 Å². The molecule has 1 aliphatic rings. The number of hydrogen-bond donors (Lipinski definition) is 2. The summed E-state index contributed by atoms with van der Waals surface area (Å²) in [7, 11) is 1.77. The van der Waals surface area contributed by atoms with Gasteiger partial charge in [-0.1, -0.05) is 19.8 Å². The molecule has 2 atom stereocenters. The lowest BCUT2D eigenvalue weighted by Gasteiger charge is -2.31. The molecular formula is C15H26N4O2. The summed E-state index contributed by atoms with van der Waals surface area (Å²) in [5.41, 5.74) is 0.712. The van der Waals surface area contributed by atoms with E-state index in [0.29, 0.717) is 12.2 Å². The highest BCUT2D eigenvalue weighted by molar-refractivity contribution is 5.88. The SMILES string of the molecule is CCCn1cc(NC(=O)N(C)C[C@@H]2CCCC[C@H]2O)cn1. The summed E-state index contributed by atoms with van der Waals surface area (Å²) in [6.07, 6.45) is 8.31. The van der Waals surface area contributed by atoms with E-state index in [4.69, 9.17) is 0 Å². The zero-order valence-electron chi connectivity index (χ0n) is 13.0. The van der Waals surface area contributed by atoms with Crippen molar-refractivity contribution in [2.75, 3.05) is 18.9 Å². The quantitative estimate of drug-likeness (QED) is 0.875. The van der Waals surface area contributed by atoms with Crippen LogP contribution in [0.2, 0.25) is 0 Å². The van der Waals surface area contributed by atoms with E-state index < -0.39 is 0 Å². The summed E-state index contributed by atoms with van der Waals surface area (Å²) in [6, 6.07) is -0.149. The Morgan fingerprint density at radius 1 is 1.52 bits per heavy atom. The number of nitrogens with zero attached hydrogens (tertiary/aromatic N) is 3. The molecule has 0 aliphatic heterocycles. The Morgan fingerprint density at radius 3 is 3.00 bits per heavy atom. The standard InChI is InChI=1S/C15H26N4O2/c1-3-8-19-11-13(9-16-19)17-15(21)18(2)10-12-6-4-5-7-14(12)20/h9,11-12,14,20H,3-8,10H2,1-2H3,(H,17,21)/t12-,14+/m0/s1. The van der Waals surface area contributed by atoms with E-state index >= 15 is 0 Å². The van der Waals surface area contributed by atoms with Crippen LogP contribution in [0.4, 0.5) is 10.5 Å². The maximum Gasteiger partial charge on any atom is 0.321 e. The van der Waals surface area contributed by atoms with Gasteiger partial charge in [0.05, 0.1) is 18.0 Å². The molecule has 0 bridgehead atoms. The van der Waals surface area contributed by atoms with Gasteiger partial charge in [0.1, 0.15) is 0 Å². The van der Waals surface area contributed by atoms with Crippen molar-refractivity contribution in [1.82, 2.24) is 14.7 Å². The number of aliphatic hydroxyl groups excluding tert-OH is 1. The molecule has 0 spiro atoms. The molecule has 0 radical (unpaired) electrons. The van der Waals surface area contributed by atoms with E-state index in [-0.39, 0.29) is 18.1 Å². The van der Waals surface area contributed by atoms with Gasteiger partial charge in [0, 0.05) is 32.3 Å². The molecule has 0 saturated heterocycles. The fraction of sp³-hybridized carbons (Fsp3) is 0.733. The molecule has 1 aromatic rings. The molecule has 1 fully saturated rings. The predicted molar refractivity (Wildman–Crippen MR) is 82.1 cm³/mol. The average molecular weight is 294 g/mol. The number of carbonyl (C=O) groups is 1. The van der Waals surface area contributed by atoms with Crippen molar-refractivity contribution in [1.29, 1.82) is 0 Å². The van der Waals surface area contributed by atoms with E-state index in [0.717, 1.165) is 38.6 Å². The van der Waals surface area contributed by atoms with Gasteiger partial charge in [-0.15, -0.1) is 0 Å². The number of hydrogen-bond acceptors (Lipinski definition) is 3. The summed E-state index contributed by atoms with van der Waals surface area (Å²) >= 11 is 0. The van der Waals surface area contributed by atoms with Crippen LogP contribution in [0.25, 0.3) is 0 Å². The lowest BCUT2D eigenvalue weighted by molar-refractivity contribution is 0.0575. The molecule has 0 aromatic carbocycles. The Hall–Kier alpha value is -1.56. The molecule has 6 nitrogen and oxygen atoms in total. The minimum atomic E-state index is -0.277. The highest BCUT2D eigenvalue weighted by Crippen LogP contribution is 2.25. The first-order valence-corrected chi connectivity index (χ1v) is 7.82. The predicted octanol–water partition coefficient (Wildman–Crippen LogP) is 2.31. The Bertz CT molecular complexity index is 460. The van der Waals surface area contributed by atoms with Crippen LogP contribution >= 0.6 is 0 Å². The number of carbonyl (C=O) groups excluding carboxylic acids is 1. The van der Waals surface area contributed by atoms with E-state index in [2.05, 4.69) is 17.3 Å². The topological polar surface area (TPSA) is 70.4 Å². The van der Waals surface area contributed by atoms with E-state index in [1.807, 2.05) is 10.9 Å². The second-order valence-electron chi connectivity index (χ2n) is 5.91. The molecule has 2 rings (SSSR count). The van der Waals surface area contributed by atoms with Gasteiger partial charge in [-0.05, 0) is 19.3 Å². The normalized spacial score (nSPS) is 22.0. The number of nitrogens with one attached hydrogen (secondary N) is 1. The molecule has 6 heteroatoms. The number of aromatic nitrogens is 2. The highest BCUT2D eigenvalue weighted by atomic mass is 16.3. The second-order valence-corrected chi connectivity index (χ2v) is 5.91. The van der Waals surface area contributed by atoms with Crippen molar-refractivity contribution in [3.63, 3.8) is 0 Å². The maximum absolute atomic E-state index is 12.2. The summed E-state index contributed by atoms with van der Waals surface area (Å²) in [6.45, 7) is 3.53. The van der Waals surface area contributed by atoms with Gasteiger partial charge in [0.2, 0.25) is 0 Å². The van der Waals surface area contributed by atoms with Crippen molar-refractivity contribution < 1.29 is 9.90 Å². The molecule has 2 N–H and O–H groups in total. The smallest absolute Gasteiger partial charge is 0.321 e. The zero-order valence-corrected chi connectivity index (χ0v) is 13.0. The lowest BCUT2D eigenvalue weighted by Crippen LogP contribution is -2.39. The minimum Gasteiger partial charge on any atom is -0.393 e. The van der Waals surface area contributed by atoms with Gasteiger partial charge in [-0.3, -0.25) is 4.68 Å². The van der Waals surface area contributed by atoms with Crippen molar-refractivity contribution in [3.05, 3.63) is 12.4 Å². The van der Waals surface area contributed by atoms with Gasteiger partial charge in [-0.25, -0.2) is 4.79 Å². The van der Waals surface area contributed by atoms with Crippen LogP contribution < -0.4 is 5.32 Å². The monoisotopic (exact) mass is 294 g/mol. The Labute approximate surface area is 126 Å². The third-order valence-electron chi connectivity index (χ3n) is 4.06. The van der Waals surface area contributed by atoms with Gasteiger partial charge in [0.15, 0.2) is 0 Å². The van der Waals surface area contributed by atoms with Crippen LogP contribution in [0.15, 0.2) is 12.4 Å². The first-order chi connectivity index (χ1) is 10.1. The molecule has 118 valence electrons. The first-order valence-electron chi connectivity index (χ1n) is 7.82. The largest absolute Gasteiger partial charge is 0.393 e. The Morgan fingerprint density at radius 2 is 2.29 bits per heavy atom. The fourth-order valence-corrected chi connectivity index (χ4v) is 2.83. The highest BCUT2D eigenvalue weighted by Gasteiger charge is 2.25. The molecule has 1 aromatic heterocycles. The summed E-state index contributed by atoms with van der Waals surface area (Å²) in [4.78, 5) is 13.8. The van der Waals surface area contributed by atoms with E-state index in [1.54, 1.807) is 18.1 Å². The van der Waals surface area contributed by atoms with Crippen LogP contribution in [-0.2, 0) is 6.54 Å². The number of rotatable bonds is 5. The van der Waals surface area contributed by atoms with Crippen LogP contribution in [0.1, 0.15) is 39.0 Å². The maximum atomic E-state index is 12.2. The molecule has 1 heterocycles. The molecule has 2 amide bonds. The molecule has 0 unspecified atom stereocenters. The number of aliphatic hydroxyl groups is 1. The number of amides is 2. The van der Waals surface area contributed by atoms with Crippen molar-refractivity contribution in [3.8, 4) is 0 Å². The van der Waals surface area contributed by atoms with Gasteiger partial charge >= 0.3 is 6.03 Å².